The Balaban J connectivity index is 1.99. The molecule has 1 N–H and O–H groups in total. The van der Waals surface area contributed by atoms with Gasteiger partial charge in [-0.25, -0.2) is 9.37 Å². The second kappa shape index (κ2) is 6.25. The summed E-state index contributed by atoms with van der Waals surface area (Å²) in [6.07, 6.45) is 0. The fourth-order valence-electron chi connectivity index (χ4n) is 3.40. The largest absolute Gasteiger partial charge is 0.465 e. The number of benzene rings is 2. The number of carbonyl (C=O) groups excluding carboxylic acids is 2. The number of anilines is 1. The Morgan fingerprint density at radius 2 is 1.96 bits per heavy atom. The number of aromatic nitrogens is 2. The zero-order valence-corrected chi connectivity index (χ0v) is 14.0. The van der Waals surface area contributed by atoms with Gasteiger partial charge in [-0.2, -0.15) is 0 Å². The van der Waals surface area contributed by atoms with E-state index in [-0.39, 0.29) is 18.1 Å². The summed E-state index contributed by atoms with van der Waals surface area (Å²) in [4.78, 5) is 29.6. The van der Waals surface area contributed by atoms with Gasteiger partial charge in [-0.3, -0.25) is 14.9 Å². The number of fused-ring (bicyclic) bond motifs is 3. The molecule has 2 atom stereocenters. The highest BCUT2D eigenvalue weighted by Crippen LogP contribution is 2.39. The van der Waals surface area contributed by atoms with Gasteiger partial charge >= 0.3 is 5.97 Å². The van der Waals surface area contributed by atoms with Crippen LogP contribution in [0.3, 0.4) is 0 Å². The number of para-hydroxylation sites is 2. The molecule has 0 aliphatic carbocycles. The minimum Gasteiger partial charge on any atom is -0.465 e. The van der Waals surface area contributed by atoms with Crippen molar-refractivity contribution in [2.45, 2.75) is 13.0 Å². The van der Waals surface area contributed by atoms with Crippen LogP contribution in [0, 0.1) is 11.7 Å². The van der Waals surface area contributed by atoms with E-state index in [1.54, 1.807) is 35.8 Å². The van der Waals surface area contributed by atoms with Gasteiger partial charge in [-0.05, 0) is 25.1 Å². The molecule has 2 heterocycles. The molecule has 0 fully saturated rings. The summed E-state index contributed by atoms with van der Waals surface area (Å²) < 4.78 is 21.4. The van der Waals surface area contributed by atoms with E-state index in [0.29, 0.717) is 11.0 Å². The van der Waals surface area contributed by atoms with Crippen LogP contribution in [0.5, 0.6) is 0 Å². The summed E-state index contributed by atoms with van der Waals surface area (Å²) in [6, 6.07) is 12.5. The van der Waals surface area contributed by atoms with E-state index in [9.17, 15) is 14.0 Å². The summed E-state index contributed by atoms with van der Waals surface area (Å²) in [5.74, 6) is -2.67. The van der Waals surface area contributed by atoms with Crippen molar-refractivity contribution >= 4 is 28.9 Å². The van der Waals surface area contributed by atoms with Crippen molar-refractivity contribution < 1.29 is 18.7 Å². The first kappa shape index (κ1) is 16.3. The quantitative estimate of drug-likeness (QED) is 0.580. The van der Waals surface area contributed by atoms with Crippen LogP contribution in [0.4, 0.5) is 10.3 Å². The molecule has 26 heavy (non-hydrogen) atoms. The van der Waals surface area contributed by atoms with Gasteiger partial charge in [0.1, 0.15) is 5.82 Å². The van der Waals surface area contributed by atoms with Crippen molar-refractivity contribution in [1.82, 2.24) is 9.55 Å². The third kappa shape index (κ3) is 2.44. The summed E-state index contributed by atoms with van der Waals surface area (Å²) in [6.45, 7) is 1.79. The van der Waals surface area contributed by atoms with Gasteiger partial charge < -0.3 is 9.30 Å². The average molecular weight is 353 g/mol. The van der Waals surface area contributed by atoms with E-state index in [4.69, 9.17) is 4.74 Å². The van der Waals surface area contributed by atoms with Crippen molar-refractivity contribution in [3.8, 4) is 0 Å². The van der Waals surface area contributed by atoms with Gasteiger partial charge in [0.05, 0.1) is 23.7 Å². The maximum absolute atomic E-state index is 14.6. The van der Waals surface area contributed by atoms with E-state index in [1.165, 1.54) is 6.07 Å². The molecule has 1 aliphatic heterocycles. The average Bonchev–Trinajstić information content (AvgIpc) is 2.99. The van der Waals surface area contributed by atoms with Gasteiger partial charge in [0.15, 0.2) is 5.92 Å². The maximum atomic E-state index is 14.6. The lowest BCUT2D eigenvalue weighted by Gasteiger charge is -2.32. The van der Waals surface area contributed by atoms with Crippen LogP contribution in [0.2, 0.25) is 0 Å². The van der Waals surface area contributed by atoms with Crippen LogP contribution in [-0.2, 0) is 14.3 Å². The number of carbonyl (C=O) groups is 2. The number of nitrogens with one attached hydrogen (secondary N) is 1. The van der Waals surface area contributed by atoms with Gasteiger partial charge in [0.2, 0.25) is 11.9 Å². The molecule has 1 aromatic heterocycles. The Kier molecular flexibility index (Phi) is 3.91. The number of ether oxygens (including phenoxy) is 1. The zero-order chi connectivity index (χ0) is 18.3. The molecule has 4 rings (SSSR count). The van der Waals surface area contributed by atoms with E-state index < -0.39 is 29.7 Å². The van der Waals surface area contributed by atoms with Crippen LogP contribution >= 0.6 is 0 Å². The molecule has 7 heteroatoms. The van der Waals surface area contributed by atoms with Crippen molar-refractivity contribution in [2.75, 3.05) is 11.9 Å². The van der Waals surface area contributed by atoms with Gasteiger partial charge in [-0.15, -0.1) is 0 Å². The van der Waals surface area contributed by atoms with Crippen LogP contribution in [0.25, 0.3) is 11.0 Å². The minimum absolute atomic E-state index is 0.129. The highest BCUT2D eigenvalue weighted by Gasteiger charge is 2.44. The van der Waals surface area contributed by atoms with E-state index in [0.717, 1.165) is 0 Å². The summed E-state index contributed by atoms with van der Waals surface area (Å²) in [7, 11) is 0. The van der Waals surface area contributed by atoms with Gasteiger partial charge in [0.25, 0.3) is 0 Å². The number of rotatable bonds is 3. The summed E-state index contributed by atoms with van der Waals surface area (Å²) in [5, 5.41) is 2.65. The molecule has 1 aliphatic rings. The van der Waals surface area contributed by atoms with E-state index in [1.807, 2.05) is 18.2 Å². The second-order valence-corrected chi connectivity index (χ2v) is 5.98. The molecule has 2 aromatic carbocycles. The Hall–Kier alpha value is -3.22. The fourth-order valence-corrected chi connectivity index (χ4v) is 3.40. The van der Waals surface area contributed by atoms with E-state index in [2.05, 4.69) is 10.3 Å². The lowest BCUT2D eigenvalue weighted by Crippen LogP contribution is -2.43. The Morgan fingerprint density at radius 3 is 2.73 bits per heavy atom. The predicted octanol–water partition coefficient (Wildman–Crippen LogP) is 2.90. The Labute approximate surface area is 148 Å². The highest BCUT2D eigenvalue weighted by molar-refractivity contribution is 6.07. The molecular formula is C19H16FN3O3. The topological polar surface area (TPSA) is 73.2 Å². The standard InChI is InChI=1S/C19H16FN3O3/c1-2-26-18(25)15-16(11-7-3-4-8-12(11)20)23-14-10-6-5-9-13(14)21-19(23)22-17(15)24/h3-10,15-16H,2H2,1H3,(H,21,22,24). The minimum atomic E-state index is -1.21. The number of nitrogens with zero attached hydrogens (tertiary/aromatic N) is 2. The van der Waals surface area contributed by atoms with Crippen LogP contribution < -0.4 is 5.32 Å². The molecular weight excluding hydrogens is 337 g/mol. The normalized spacial score (nSPS) is 19.1. The predicted molar refractivity (Wildman–Crippen MR) is 93.0 cm³/mol. The zero-order valence-electron chi connectivity index (χ0n) is 14.0. The fraction of sp³-hybridized carbons (Fsp3) is 0.211. The molecule has 0 radical (unpaired) electrons. The number of hydrogen-bond acceptors (Lipinski definition) is 4. The smallest absolute Gasteiger partial charge is 0.321 e. The van der Waals surface area contributed by atoms with Crippen molar-refractivity contribution in [3.05, 3.63) is 59.9 Å². The number of hydrogen-bond donors (Lipinski definition) is 1. The lowest BCUT2D eigenvalue weighted by molar-refractivity contribution is -0.152. The molecule has 6 nitrogen and oxygen atoms in total. The molecule has 132 valence electrons. The molecule has 0 spiro atoms. The Morgan fingerprint density at radius 1 is 1.23 bits per heavy atom. The van der Waals surface area contributed by atoms with Gasteiger partial charge in [0, 0.05) is 5.56 Å². The first-order chi connectivity index (χ1) is 12.6. The molecule has 1 amide bonds. The Bertz CT molecular complexity index is 1010. The summed E-state index contributed by atoms with van der Waals surface area (Å²) in [5.41, 5.74) is 1.59. The molecule has 0 saturated carbocycles. The molecule has 0 bridgehead atoms. The SMILES string of the molecule is CCOC(=O)C1C(=O)Nc2nc3ccccc3n2C1c1ccccc1F. The summed E-state index contributed by atoms with van der Waals surface area (Å²) >= 11 is 0. The maximum Gasteiger partial charge on any atom is 0.321 e. The van der Waals surface area contributed by atoms with Crippen LogP contribution in [0.1, 0.15) is 18.5 Å². The van der Waals surface area contributed by atoms with Crippen LogP contribution in [0.15, 0.2) is 48.5 Å². The first-order valence-electron chi connectivity index (χ1n) is 8.30. The second-order valence-electron chi connectivity index (χ2n) is 5.98. The monoisotopic (exact) mass is 353 g/mol. The van der Waals surface area contributed by atoms with Crippen molar-refractivity contribution in [2.24, 2.45) is 5.92 Å². The molecule has 3 aromatic rings. The van der Waals surface area contributed by atoms with Crippen LogP contribution in [-0.4, -0.2) is 28.0 Å². The highest BCUT2D eigenvalue weighted by atomic mass is 19.1. The number of esters is 1. The third-order valence-corrected chi connectivity index (χ3v) is 4.47. The van der Waals surface area contributed by atoms with E-state index >= 15 is 0 Å². The molecule has 0 saturated heterocycles. The number of halogens is 1. The van der Waals surface area contributed by atoms with Gasteiger partial charge in [-0.1, -0.05) is 30.3 Å². The number of amides is 1. The van der Waals surface area contributed by atoms with Crippen molar-refractivity contribution in [1.29, 1.82) is 0 Å². The molecule has 2 unspecified atom stereocenters. The van der Waals surface area contributed by atoms with Crippen molar-refractivity contribution in [3.63, 3.8) is 0 Å². The first-order valence-corrected chi connectivity index (χ1v) is 8.30. The number of imidazole rings is 1. The lowest BCUT2D eigenvalue weighted by atomic mass is 9.90. The third-order valence-electron chi connectivity index (χ3n) is 4.47.